The van der Waals surface area contributed by atoms with Gasteiger partial charge in [-0.1, -0.05) is 19.9 Å². The van der Waals surface area contributed by atoms with Crippen LogP contribution in [0.3, 0.4) is 0 Å². The molecule has 0 aromatic heterocycles. The fourth-order valence-electron chi connectivity index (χ4n) is 1.70. The van der Waals surface area contributed by atoms with E-state index >= 15 is 0 Å². The van der Waals surface area contributed by atoms with Gasteiger partial charge in [0.2, 0.25) is 0 Å². The maximum atomic E-state index is 4.41. The molecule has 0 saturated carbocycles. The van der Waals surface area contributed by atoms with Gasteiger partial charge in [0.05, 0.1) is 6.54 Å². The number of nitrogens with zero attached hydrogens (tertiary/aromatic N) is 2. The van der Waals surface area contributed by atoms with Crippen LogP contribution in [-0.4, -0.2) is 23.8 Å². The van der Waals surface area contributed by atoms with E-state index in [4.69, 9.17) is 0 Å². The molecule has 12 heavy (non-hydrogen) atoms. The number of hydrogen-bond donors (Lipinski definition) is 0. The van der Waals surface area contributed by atoms with Gasteiger partial charge in [-0.2, -0.15) is 0 Å². The molecule has 0 amide bonds. The highest BCUT2D eigenvalue weighted by molar-refractivity contribution is 5.96. The van der Waals surface area contributed by atoms with Crippen LogP contribution in [0.4, 0.5) is 0 Å². The normalized spacial score (nSPS) is 21.1. The standard InChI is InChI=1S/C10H14N2/c1-8(2)9-4-3-5-10-11-6-7-12(9)10/h3-5,8H,6-7H2,1-2H3. The van der Waals surface area contributed by atoms with Crippen molar-refractivity contribution in [2.45, 2.75) is 13.8 Å². The van der Waals surface area contributed by atoms with Crippen LogP contribution < -0.4 is 0 Å². The predicted molar refractivity (Wildman–Crippen MR) is 51.1 cm³/mol. The first-order chi connectivity index (χ1) is 5.79. The lowest BCUT2D eigenvalue weighted by Crippen LogP contribution is -2.29. The molecule has 2 nitrogen and oxygen atoms in total. The zero-order valence-electron chi connectivity index (χ0n) is 7.62. The lowest BCUT2D eigenvalue weighted by atomic mass is 10.1. The lowest BCUT2D eigenvalue weighted by molar-refractivity contribution is 0.486. The second kappa shape index (κ2) is 2.77. The first-order valence-corrected chi connectivity index (χ1v) is 4.49. The van der Waals surface area contributed by atoms with Crippen LogP contribution in [0, 0.1) is 5.92 Å². The van der Waals surface area contributed by atoms with Gasteiger partial charge in [0, 0.05) is 12.2 Å². The molecule has 0 fully saturated rings. The highest BCUT2D eigenvalue weighted by Gasteiger charge is 2.21. The van der Waals surface area contributed by atoms with E-state index in [0.717, 1.165) is 18.9 Å². The Morgan fingerprint density at radius 3 is 3.08 bits per heavy atom. The molecule has 0 spiro atoms. The summed E-state index contributed by atoms with van der Waals surface area (Å²) in [5, 5.41) is 0. The molecule has 2 heterocycles. The summed E-state index contributed by atoms with van der Waals surface area (Å²) in [6.45, 7) is 6.45. The van der Waals surface area contributed by atoms with Gasteiger partial charge in [0.15, 0.2) is 0 Å². The van der Waals surface area contributed by atoms with Gasteiger partial charge in [-0.15, -0.1) is 0 Å². The van der Waals surface area contributed by atoms with Crippen molar-refractivity contribution in [3.63, 3.8) is 0 Å². The highest BCUT2D eigenvalue weighted by atomic mass is 15.2. The molecule has 0 aromatic carbocycles. The molecular formula is C10H14N2. The van der Waals surface area contributed by atoms with Gasteiger partial charge in [-0.25, -0.2) is 0 Å². The van der Waals surface area contributed by atoms with Crippen molar-refractivity contribution in [3.8, 4) is 0 Å². The minimum atomic E-state index is 0.596. The van der Waals surface area contributed by atoms with Gasteiger partial charge in [0.25, 0.3) is 0 Å². The molecule has 2 aliphatic rings. The van der Waals surface area contributed by atoms with Crippen LogP contribution >= 0.6 is 0 Å². The van der Waals surface area contributed by atoms with E-state index in [9.17, 15) is 0 Å². The third kappa shape index (κ3) is 1.07. The van der Waals surface area contributed by atoms with Crippen LogP contribution in [0.25, 0.3) is 0 Å². The van der Waals surface area contributed by atoms with Crippen molar-refractivity contribution >= 4 is 5.84 Å². The van der Waals surface area contributed by atoms with E-state index in [0.29, 0.717) is 5.92 Å². The molecule has 2 heteroatoms. The number of hydrogen-bond acceptors (Lipinski definition) is 2. The first kappa shape index (κ1) is 7.59. The van der Waals surface area contributed by atoms with Gasteiger partial charge in [-0.05, 0) is 18.1 Å². The third-order valence-corrected chi connectivity index (χ3v) is 2.29. The molecule has 0 bridgehead atoms. The summed E-state index contributed by atoms with van der Waals surface area (Å²) in [4.78, 5) is 6.72. The Kier molecular flexibility index (Phi) is 1.75. The van der Waals surface area contributed by atoms with Crippen molar-refractivity contribution in [2.75, 3.05) is 13.1 Å². The number of aliphatic imine (C=N–C) groups is 1. The van der Waals surface area contributed by atoms with Gasteiger partial charge >= 0.3 is 0 Å². The Morgan fingerprint density at radius 1 is 1.50 bits per heavy atom. The highest BCUT2D eigenvalue weighted by Crippen LogP contribution is 2.22. The average Bonchev–Trinajstić information content (AvgIpc) is 2.49. The largest absolute Gasteiger partial charge is 0.328 e. The molecule has 0 radical (unpaired) electrons. The SMILES string of the molecule is CC(C)C1=CC=CC2=NCCN12. The molecule has 2 rings (SSSR count). The van der Waals surface area contributed by atoms with Gasteiger partial charge < -0.3 is 4.90 Å². The van der Waals surface area contributed by atoms with E-state index < -0.39 is 0 Å². The summed E-state index contributed by atoms with van der Waals surface area (Å²) in [5.41, 5.74) is 1.40. The minimum Gasteiger partial charge on any atom is -0.328 e. The van der Waals surface area contributed by atoms with Crippen LogP contribution in [0.5, 0.6) is 0 Å². The fraction of sp³-hybridized carbons (Fsp3) is 0.500. The van der Waals surface area contributed by atoms with Crippen LogP contribution in [0.15, 0.2) is 28.9 Å². The van der Waals surface area contributed by atoms with Gasteiger partial charge in [0.1, 0.15) is 5.84 Å². The number of fused-ring (bicyclic) bond motifs is 1. The Morgan fingerprint density at radius 2 is 2.33 bits per heavy atom. The van der Waals surface area contributed by atoms with E-state index in [1.54, 1.807) is 0 Å². The second-order valence-corrected chi connectivity index (χ2v) is 3.50. The van der Waals surface area contributed by atoms with E-state index in [1.807, 2.05) is 0 Å². The van der Waals surface area contributed by atoms with Crippen molar-refractivity contribution in [1.29, 1.82) is 0 Å². The topological polar surface area (TPSA) is 15.6 Å². The van der Waals surface area contributed by atoms with Crippen molar-refractivity contribution in [1.82, 2.24) is 4.90 Å². The number of allylic oxidation sites excluding steroid dienone is 3. The van der Waals surface area contributed by atoms with E-state index in [1.165, 1.54) is 5.70 Å². The maximum absolute atomic E-state index is 4.41. The summed E-state index contributed by atoms with van der Waals surface area (Å²) in [6, 6.07) is 0. The van der Waals surface area contributed by atoms with Crippen molar-refractivity contribution in [2.24, 2.45) is 10.9 Å². The molecule has 0 N–H and O–H groups in total. The summed E-state index contributed by atoms with van der Waals surface area (Å²) in [5.74, 6) is 1.74. The average molecular weight is 162 g/mol. The molecule has 0 aromatic rings. The van der Waals surface area contributed by atoms with Crippen molar-refractivity contribution < 1.29 is 0 Å². The Bertz CT molecular complexity index is 272. The quantitative estimate of drug-likeness (QED) is 0.574. The molecular weight excluding hydrogens is 148 g/mol. The fourth-order valence-corrected chi connectivity index (χ4v) is 1.70. The van der Waals surface area contributed by atoms with Crippen LogP contribution in [-0.2, 0) is 0 Å². The van der Waals surface area contributed by atoms with Crippen LogP contribution in [0.2, 0.25) is 0 Å². The van der Waals surface area contributed by atoms with E-state index in [-0.39, 0.29) is 0 Å². The number of rotatable bonds is 1. The zero-order chi connectivity index (χ0) is 8.55. The molecule has 0 unspecified atom stereocenters. The molecule has 0 saturated heterocycles. The maximum Gasteiger partial charge on any atom is 0.127 e. The first-order valence-electron chi connectivity index (χ1n) is 4.49. The van der Waals surface area contributed by atoms with Crippen molar-refractivity contribution in [3.05, 3.63) is 23.9 Å². The Hall–Kier alpha value is -1.05. The zero-order valence-corrected chi connectivity index (χ0v) is 7.62. The molecule has 2 aliphatic heterocycles. The van der Waals surface area contributed by atoms with E-state index in [2.05, 4.69) is 42.0 Å². The van der Waals surface area contributed by atoms with Gasteiger partial charge in [-0.3, -0.25) is 4.99 Å². The summed E-state index contributed by atoms with van der Waals surface area (Å²) >= 11 is 0. The summed E-state index contributed by atoms with van der Waals surface area (Å²) < 4.78 is 0. The predicted octanol–water partition coefficient (Wildman–Crippen LogP) is 1.81. The smallest absolute Gasteiger partial charge is 0.127 e. The second-order valence-electron chi connectivity index (χ2n) is 3.50. The number of amidine groups is 1. The lowest BCUT2D eigenvalue weighted by Gasteiger charge is -2.26. The summed E-state index contributed by atoms with van der Waals surface area (Å²) in [7, 11) is 0. The Balaban J connectivity index is 2.29. The minimum absolute atomic E-state index is 0.596. The third-order valence-electron chi connectivity index (χ3n) is 2.29. The Labute approximate surface area is 73.3 Å². The summed E-state index contributed by atoms with van der Waals surface area (Å²) in [6.07, 6.45) is 6.36. The molecule has 64 valence electrons. The molecule has 0 aliphatic carbocycles. The monoisotopic (exact) mass is 162 g/mol. The van der Waals surface area contributed by atoms with Crippen LogP contribution in [0.1, 0.15) is 13.8 Å². The molecule has 0 atom stereocenters.